The number of aliphatic hydroxyl groups is 1. The van der Waals surface area contributed by atoms with Gasteiger partial charge in [0.2, 0.25) is 0 Å². The van der Waals surface area contributed by atoms with E-state index in [9.17, 15) is 24.5 Å². The van der Waals surface area contributed by atoms with E-state index in [0.717, 1.165) is 11.1 Å². The number of phenolic OH excluding ortho intramolecular Hbond substituents is 2. The lowest BCUT2D eigenvalue weighted by atomic mass is 9.92. The van der Waals surface area contributed by atoms with Crippen LogP contribution in [0.5, 0.6) is 11.5 Å². The molecule has 1 aliphatic heterocycles. The molecule has 3 atom stereocenters. The van der Waals surface area contributed by atoms with E-state index in [1.807, 2.05) is 54.6 Å². The number of anilines is 1. The van der Waals surface area contributed by atoms with Crippen LogP contribution in [0.1, 0.15) is 36.1 Å². The van der Waals surface area contributed by atoms with Crippen LogP contribution in [0.25, 0.3) is 11.1 Å². The van der Waals surface area contributed by atoms with Crippen LogP contribution in [0.2, 0.25) is 0 Å². The Labute approximate surface area is 220 Å². The van der Waals surface area contributed by atoms with Gasteiger partial charge < -0.3 is 20.2 Å². The molecule has 3 N–H and O–H groups in total. The first kappa shape index (κ1) is 25.3. The second kappa shape index (κ2) is 10.6. The van der Waals surface area contributed by atoms with Crippen molar-refractivity contribution in [3.05, 3.63) is 114 Å². The van der Waals surface area contributed by atoms with E-state index in [4.69, 9.17) is 0 Å². The van der Waals surface area contributed by atoms with Gasteiger partial charge in [0.1, 0.15) is 17.3 Å². The van der Waals surface area contributed by atoms with Crippen molar-refractivity contribution in [3.8, 4) is 22.6 Å². The van der Waals surface area contributed by atoms with Gasteiger partial charge in [0.05, 0.1) is 18.2 Å². The molecule has 0 saturated carbocycles. The van der Waals surface area contributed by atoms with E-state index in [1.54, 1.807) is 35.0 Å². The van der Waals surface area contributed by atoms with Crippen LogP contribution in [0.15, 0.2) is 97.1 Å². The Hall–Kier alpha value is -4.36. The summed E-state index contributed by atoms with van der Waals surface area (Å²) in [6.45, 7) is 0. The third kappa shape index (κ3) is 4.93. The van der Waals surface area contributed by atoms with Crippen molar-refractivity contribution in [2.45, 2.75) is 31.0 Å². The molecule has 0 aromatic heterocycles. The Bertz CT molecular complexity index is 1410. The van der Waals surface area contributed by atoms with E-state index in [2.05, 4.69) is 0 Å². The maximum Gasteiger partial charge on any atom is 0.325 e. The summed E-state index contributed by atoms with van der Waals surface area (Å²) in [5, 5.41) is 31.4. The van der Waals surface area contributed by atoms with Crippen molar-refractivity contribution in [3.63, 3.8) is 0 Å². The standard InChI is InChI=1S/C31H29FN2O4/c1-33-27(17-18-28(36)22-7-11-23(32)12-8-22)30(26-16-15-25(35)19-29(26)37)34(31(33)38)24-13-9-21(10-14-24)20-5-3-2-4-6-20/h2-16,19,27-28,30,35-37H,17-18H2,1H3/t27-,28+,30-/m1/s1. The van der Waals surface area contributed by atoms with Gasteiger partial charge in [-0.15, -0.1) is 0 Å². The van der Waals surface area contributed by atoms with Crippen molar-refractivity contribution < 1.29 is 24.5 Å². The Balaban J connectivity index is 1.48. The number of hydrogen-bond acceptors (Lipinski definition) is 4. The first-order valence-corrected chi connectivity index (χ1v) is 12.5. The maximum atomic E-state index is 13.6. The Morgan fingerprint density at radius 3 is 2.18 bits per heavy atom. The fourth-order valence-electron chi connectivity index (χ4n) is 5.19. The van der Waals surface area contributed by atoms with Crippen LogP contribution >= 0.6 is 0 Å². The lowest BCUT2D eigenvalue weighted by Crippen LogP contribution is -2.31. The molecular formula is C31H29FN2O4. The number of hydrogen-bond donors (Lipinski definition) is 3. The van der Waals surface area contributed by atoms with Gasteiger partial charge in [-0.2, -0.15) is 0 Å². The smallest absolute Gasteiger partial charge is 0.325 e. The molecule has 194 valence electrons. The average Bonchev–Trinajstić information content (AvgIpc) is 3.17. The number of urea groups is 1. The second-order valence-electron chi connectivity index (χ2n) is 9.58. The van der Waals surface area contributed by atoms with E-state index in [0.29, 0.717) is 29.7 Å². The quantitative estimate of drug-likeness (QED) is 0.268. The molecule has 0 radical (unpaired) electrons. The van der Waals surface area contributed by atoms with Gasteiger partial charge >= 0.3 is 6.03 Å². The maximum absolute atomic E-state index is 13.6. The minimum Gasteiger partial charge on any atom is -0.508 e. The molecular weight excluding hydrogens is 483 g/mol. The van der Waals surface area contributed by atoms with E-state index >= 15 is 0 Å². The zero-order chi connectivity index (χ0) is 26.8. The van der Waals surface area contributed by atoms with E-state index < -0.39 is 12.1 Å². The lowest BCUT2D eigenvalue weighted by Gasteiger charge is -2.29. The molecule has 1 fully saturated rings. The first-order chi connectivity index (χ1) is 18.3. The zero-order valence-electron chi connectivity index (χ0n) is 20.9. The molecule has 0 unspecified atom stereocenters. The molecule has 4 aromatic rings. The van der Waals surface area contributed by atoms with Crippen molar-refractivity contribution in [1.82, 2.24) is 4.90 Å². The summed E-state index contributed by atoms with van der Waals surface area (Å²) in [6.07, 6.45) is -0.0959. The number of amides is 2. The fraction of sp³-hybridized carbons (Fsp3) is 0.194. The van der Waals surface area contributed by atoms with E-state index in [-0.39, 0.29) is 29.4 Å². The molecule has 2 amide bonds. The number of likely N-dealkylation sites (N-methyl/N-ethyl adjacent to an activating group) is 1. The van der Waals surface area contributed by atoms with Crippen LogP contribution < -0.4 is 4.90 Å². The van der Waals surface area contributed by atoms with Crippen LogP contribution in [0, 0.1) is 5.82 Å². The largest absolute Gasteiger partial charge is 0.508 e. The van der Waals surface area contributed by atoms with Gasteiger partial charge in [-0.25, -0.2) is 9.18 Å². The zero-order valence-corrected chi connectivity index (χ0v) is 20.9. The van der Waals surface area contributed by atoms with Crippen LogP contribution in [0.4, 0.5) is 14.9 Å². The molecule has 1 saturated heterocycles. The predicted octanol–water partition coefficient (Wildman–Crippen LogP) is 6.40. The number of carbonyl (C=O) groups excluding carboxylic acids is 1. The number of nitrogens with zero attached hydrogens (tertiary/aromatic N) is 2. The topological polar surface area (TPSA) is 84.2 Å². The predicted molar refractivity (Wildman–Crippen MR) is 144 cm³/mol. The monoisotopic (exact) mass is 512 g/mol. The van der Waals surface area contributed by atoms with Crippen LogP contribution in [-0.2, 0) is 0 Å². The van der Waals surface area contributed by atoms with Crippen molar-refractivity contribution >= 4 is 11.7 Å². The molecule has 38 heavy (non-hydrogen) atoms. The summed E-state index contributed by atoms with van der Waals surface area (Å²) in [4.78, 5) is 16.9. The third-order valence-electron chi connectivity index (χ3n) is 7.22. The summed E-state index contributed by atoms with van der Waals surface area (Å²) < 4.78 is 13.3. The van der Waals surface area contributed by atoms with Crippen molar-refractivity contribution in [1.29, 1.82) is 0 Å². The Morgan fingerprint density at radius 1 is 0.868 bits per heavy atom. The number of phenols is 2. The van der Waals surface area contributed by atoms with Gasteiger partial charge in [0.25, 0.3) is 0 Å². The molecule has 0 spiro atoms. The molecule has 7 heteroatoms. The number of aromatic hydroxyl groups is 2. The third-order valence-corrected chi connectivity index (χ3v) is 7.22. The summed E-state index contributed by atoms with van der Waals surface area (Å²) in [6, 6.07) is 26.5. The summed E-state index contributed by atoms with van der Waals surface area (Å²) in [7, 11) is 1.71. The second-order valence-corrected chi connectivity index (χ2v) is 9.58. The van der Waals surface area contributed by atoms with Gasteiger partial charge in [0, 0.05) is 24.4 Å². The van der Waals surface area contributed by atoms with E-state index in [1.165, 1.54) is 24.3 Å². The molecule has 1 heterocycles. The molecule has 0 aliphatic carbocycles. The van der Waals surface area contributed by atoms with Gasteiger partial charge in [-0.3, -0.25) is 4.90 Å². The van der Waals surface area contributed by atoms with Gasteiger partial charge in [0.15, 0.2) is 0 Å². The normalized spacial score (nSPS) is 18.1. The first-order valence-electron chi connectivity index (χ1n) is 12.5. The minimum absolute atomic E-state index is 0.0778. The number of carbonyl (C=O) groups is 1. The highest BCUT2D eigenvalue weighted by Gasteiger charge is 2.46. The SMILES string of the molecule is CN1C(=O)N(c2ccc(-c3ccccc3)cc2)[C@H](c2ccc(O)cc2O)[C@H]1CC[C@H](O)c1ccc(F)cc1. The molecule has 0 bridgehead atoms. The molecule has 4 aromatic carbocycles. The molecule has 5 rings (SSSR count). The van der Waals surface area contributed by atoms with Crippen LogP contribution in [0.3, 0.4) is 0 Å². The highest BCUT2D eigenvalue weighted by molar-refractivity contribution is 5.96. The van der Waals surface area contributed by atoms with Crippen molar-refractivity contribution in [2.24, 2.45) is 0 Å². The average molecular weight is 513 g/mol. The summed E-state index contributed by atoms with van der Waals surface area (Å²) in [5.41, 5.74) is 3.83. The number of rotatable bonds is 7. The number of aliphatic hydroxyl groups excluding tert-OH is 1. The Morgan fingerprint density at radius 2 is 1.53 bits per heavy atom. The van der Waals surface area contributed by atoms with Crippen LogP contribution in [-0.4, -0.2) is 39.3 Å². The highest BCUT2D eigenvalue weighted by atomic mass is 19.1. The number of benzene rings is 4. The molecule has 1 aliphatic rings. The summed E-state index contributed by atoms with van der Waals surface area (Å²) >= 11 is 0. The lowest BCUT2D eigenvalue weighted by molar-refractivity contribution is 0.148. The Kier molecular flexibility index (Phi) is 7.03. The fourth-order valence-corrected chi connectivity index (χ4v) is 5.19. The number of halogens is 1. The highest BCUT2D eigenvalue weighted by Crippen LogP contribution is 2.44. The van der Waals surface area contributed by atoms with Gasteiger partial charge in [-0.05, 0) is 65.9 Å². The summed E-state index contributed by atoms with van der Waals surface area (Å²) in [5.74, 6) is -0.571. The van der Waals surface area contributed by atoms with Crippen molar-refractivity contribution in [2.75, 3.05) is 11.9 Å². The minimum atomic E-state index is -0.840. The van der Waals surface area contributed by atoms with Gasteiger partial charge in [-0.1, -0.05) is 54.6 Å². The molecule has 6 nitrogen and oxygen atoms in total.